The number of hydrogen-bond donors (Lipinski definition) is 2. The zero-order chi connectivity index (χ0) is 12.6. The first-order chi connectivity index (χ1) is 8.00. The summed E-state index contributed by atoms with van der Waals surface area (Å²) in [6.07, 6.45) is 0.604. The molecule has 92 valence electrons. The molecule has 0 unspecified atom stereocenters. The average Bonchev–Trinajstić information content (AvgIpc) is 2.83. The van der Waals surface area contributed by atoms with Crippen LogP contribution < -0.4 is 0 Å². The van der Waals surface area contributed by atoms with Crippen molar-refractivity contribution in [3.8, 4) is 0 Å². The Morgan fingerprint density at radius 3 is 2.82 bits per heavy atom. The van der Waals surface area contributed by atoms with Crippen molar-refractivity contribution in [1.82, 2.24) is 10.1 Å². The van der Waals surface area contributed by atoms with Crippen LogP contribution in [0.4, 0.5) is 0 Å². The van der Waals surface area contributed by atoms with Crippen LogP contribution in [0.25, 0.3) is 0 Å². The fourth-order valence-electron chi connectivity index (χ4n) is 1.90. The number of aliphatic carboxylic acids is 1. The molecule has 0 spiro atoms. The SMILES string of the molecule is Cc1cnoc1C(=O)N1C[C@@H](O)C[C@H]1C(=O)O. The van der Waals surface area contributed by atoms with Gasteiger partial charge in [0.15, 0.2) is 0 Å². The molecule has 1 aliphatic rings. The molecule has 2 atom stereocenters. The Morgan fingerprint density at radius 2 is 2.29 bits per heavy atom. The van der Waals surface area contributed by atoms with E-state index in [4.69, 9.17) is 9.63 Å². The molecule has 2 N–H and O–H groups in total. The van der Waals surface area contributed by atoms with Crippen molar-refractivity contribution in [2.24, 2.45) is 0 Å². The monoisotopic (exact) mass is 240 g/mol. The van der Waals surface area contributed by atoms with Crippen molar-refractivity contribution in [1.29, 1.82) is 0 Å². The van der Waals surface area contributed by atoms with Crippen LogP contribution in [0.5, 0.6) is 0 Å². The molecular weight excluding hydrogens is 228 g/mol. The van der Waals surface area contributed by atoms with Crippen molar-refractivity contribution >= 4 is 11.9 Å². The summed E-state index contributed by atoms with van der Waals surface area (Å²) in [6.45, 7) is 1.64. The predicted molar refractivity (Wildman–Crippen MR) is 54.3 cm³/mol. The van der Waals surface area contributed by atoms with Crippen molar-refractivity contribution in [2.75, 3.05) is 6.54 Å². The number of aryl methyl sites for hydroxylation is 1. The fourth-order valence-corrected chi connectivity index (χ4v) is 1.90. The topological polar surface area (TPSA) is 104 Å². The lowest BCUT2D eigenvalue weighted by molar-refractivity contribution is -0.141. The summed E-state index contributed by atoms with van der Waals surface area (Å²) in [6, 6.07) is -1.01. The number of nitrogens with zero attached hydrogens (tertiary/aromatic N) is 2. The maximum absolute atomic E-state index is 12.0. The third kappa shape index (κ3) is 2.01. The maximum atomic E-state index is 12.0. The van der Waals surface area contributed by atoms with Gasteiger partial charge in [-0.25, -0.2) is 4.79 Å². The van der Waals surface area contributed by atoms with E-state index in [0.717, 1.165) is 4.90 Å². The number of amides is 1. The van der Waals surface area contributed by atoms with Gasteiger partial charge in [-0.15, -0.1) is 0 Å². The molecule has 1 aliphatic heterocycles. The summed E-state index contributed by atoms with van der Waals surface area (Å²) in [5.41, 5.74) is 0.542. The first kappa shape index (κ1) is 11.6. The number of carboxylic acid groups (broad SMARTS) is 1. The van der Waals surface area contributed by atoms with Crippen molar-refractivity contribution in [3.05, 3.63) is 17.5 Å². The van der Waals surface area contributed by atoms with Crippen LogP contribution in [0.15, 0.2) is 10.7 Å². The Hall–Kier alpha value is -1.89. The first-order valence-electron chi connectivity index (χ1n) is 5.14. The summed E-state index contributed by atoms with van der Waals surface area (Å²) in [4.78, 5) is 24.1. The summed E-state index contributed by atoms with van der Waals surface area (Å²) >= 11 is 0. The average molecular weight is 240 g/mol. The number of rotatable bonds is 2. The second-order valence-electron chi connectivity index (χ2n) is 4.04. The van der Waals surface area contributed by atoms with Gasteiger partial charge in [-0.1, -0.05) is 5.16 Å². The lowest BCUT2D eigenvalue weighted by Gasteiger charge is -2.19. The minimum absolute atomic E-state index is 0.00403. The molecule has 1 aromatic heterocycles. The van der Waals surface area contributed by atoms with Gasteiger partial charge >= 0.3 is 5.97 Å². The fraction of sp³-hybridized carbons (Fsp3) is 0.500. The zero-order valence-electron chi connectivity index (χ0n) is 9.16. The van der Waals surface area contributed by atoms with E-state index >= 15 is 0 Å². The zero-order valence-corrected chi connectivity index (χ0v) is 9.16. The number of likely N-dealkylation sites (tertiary alicyclic amines) is 1. The molecule has 0 saturated carbocycles. The number of hydrogen-bond acceptors (Lipinski definition) is 5. The molecule has 0 bridgehead atoms. The molecule has 1 amide bonds. The van der Waals surface area contributed by atoms with Crippen molar-refractivity contribution in [2.45, 2.75) is 25.5 Å². The van der Waals surface area contributed by atoms with Crippen LogP contribution in [-0.2, 0) is 4.79 Å². The normalized spacial score (nSPS) is 24.0. The van der Waals surface area contributed by atoms with Gasteiger partial charge < -0.3 is 19.6 Å². The van der Waals surface area contributed by atoms with E-state index in [1.54, 1.807) is 6.92 Å². The highest BCUT2D eigenvalue weighted by atomic mass is 16.5. The number of carbonyl (C=O) groups excluding carboxylic acids is 1. The number of carbonyl (C=O) groups is 2. The molecule has 2 rings (SSSR count). The van der Waals surface area contributed by atoms with Crippen LogP contribution in [-0.4, -0.2) is 50.8 Å². The van der Waals surface area contributed by atoms with E-state index in [2.05, 4.69) is 5.16 Å². The van der Waals surface area contributed by atoms with E-state index < -0.39 is 24.0 Å². The van der Waals surface area contributed by atoms with Gasteiger partial charge in [0, 0.05) is 18.5 Å². The molecule has 0 aliphatic carbocycles. The predicted octanol–water partition coefficient (Wildman–Crippen LogP) is -0.357. The van der Waals surface area contributed by atoms with E-state index in [1.165, 1.54) is 6.20 Å². The minimum atomic E-state index is -1.13. The second-order valence-corrected chi connectivity index (χ2v) is 4.04. The Kier molecular flexibility index (Phi) is 2.84. The Bertz CT molecular complexity index is 455. The molecule has 2 heterocycles. The molecule has 7 heteroatoms. The van der Waals surface area contributed by atoms with Crippen LogP contribution in [0, 0.1) is 6.92 Å². The van der Waals surface area contributed by atoms with Crippen molar-refractivity contribution < 1.29 is 24.3 Å². The van der Waals surface area contributed by atoms with Crippen LogP contribution in [0.1, 0.15) is 22.5 Å². The van der Waals surface area contributed by atoms with Crippen molar-refractivity contribution in [3.63, 3.8) is 0 Å². The van der Waals surface area contributed by atoms with E-state index in [0.29, 0.717) is 5.56 Å². The standard InChI is InChI=1S/C10H12N2O5/c1-5-3-11-17-8(5)9(14)12-4-6(13)2-7(12)10(15)16/h3,6-7,13H,2,4H2,1H3,(H,15,16)/t6-,7-/m0/s1. The summed E-state index contributed by atoms with van der Waals surface area (Å²) in [5, 5.41) is 21.9. The number of aliphatic hydroxyl groups is 1. The molecule has 0 aromatic carbocycles. The Morgan fingerprint density at radius 1 is 1.59 bits per heavy atom. The maximum Gasteiger partial charge on any atom is 0.326 e. The Labute approximate surface area is 96.6 Å². The lowest BCUT2D eigenvalue weighted by atomic mass is 10.2. The van der Waals surface area contributed by atoms with E-state index in [1.807, 2.05) is 0 Å². The van der Waals surface area contributed by atoms with Gasteiger partial charge in [0.2, 0.25) is 5.76 Å². The Balaban J connectivity index is 2.25. The number of aliphatic hydroxyl groups excluding tert-OH is 1. The van der Waals surface area contributed by atoms with Gasteiger partial charge in [0.1, 0.15) is 6.04 Å². The third-order valence-electron chi connectivity index (χ3n) is 2.77. The molecule has 0 radical (unpaired) electrons. The molecule has 1 fully saturated rings. The third-order valence-corrected chi connectivity index (χ3v) is 2.77. The van der Waals surface area contributed by atoms with Gasteiger partial charge in [-0.2, -0.15) is 0 Å². The summed E-state index contributed by atoms with van der Waals surface area (Å²) in [5.74, 6) is -1.67. The highest BCUT2D eigenvalue weighted by molar-refractivity contribution is 5.95. The second kappa shape index (κ2) is 4.17. The van der Waals surface area contributed by atoms with Crippen LogP contribution in [0.2, 0.25) is 0 Å². The van der Waals surface area contributed by atoms with Gasteiger partial charge in [0.25, 0.3) is 5.91 Å². The van der Waals surface area contributed by atoms with Crippen LogP contribution in [0.3, 0.4) is 0 Å². The highest BCUT2D eigenvalue weighted by Gasteiger charge is 2.40. The molecule has 7 nitrogen and oxygen atoms in total. The summed E-state index contributed by atoms with van der Waals surface area (Å²) < 4.78 is 4.79. The van der Waals surface area contributed by atoms with E-state index in [-0.39, 0.29) is 18.7 Å². The van der Waals surface area contributed by atoms with Gasteiger partial charge in [0.05, 0.1) is 12.3 Å². The quantitative estimate of drug-likeness (QED) is 0.731. The van der Waals surface area contributed by atoms with E-state index in [9.17, 15) is 14.7 Å². The number of aromatic nitrogens is 1. The molecule has 1 aromatic rings. The highest BCUT2D eigenvalue weighted by Crippen LogP contribution is 2.21. The minimum Gasteiger partial charge on any atom is -0.480 e. The summed E-state index contributed by atoms with van der Waals surface area (Å²) in [7, 11) is 0. The number of carboxylic acids is 1. The van der Waals surface area contributed by atoms with Crippen LogP contribution >= 0.6 is 0 Å². The molecule has 17 heavy (non-hydrogen) atoms. The largest absolute Gasteiger partial charge is 0.480 e. The lowest BCUT2D eigenvalue weighted by Crippen LogP contribution is -2.40. The van der Waals surface area contributed by atoms with Gasteiger partial charge in [-0.3, -0.25) is 4.79 Å². The van der Waals surface area contributed by atoms with Gasteiger partial charge in [-0.05, 0) is 6.92 Å². The molecule has 1 saturated heterocycles. The molecular formula is C10H12N2O5. The number of β-amino-alcohol motifs (C(OH)–C–C–N with tert-alkyl or cyclic N) is 1. The smallest absolute Gasteiger partial charge is 0.326 e. The first-order valence-corrected chi connectivity index (χ1v) is 5.14.